The second-order valence-corrected chi connectivity index (χ2v) is 8.41. The number of rotatable bonds is 1. The molecule has 2 atom stereocenters. The molecule has 0 saturated carbocycles. The van der Waals surface area contributed by atoms with E-state index in [1.54, 1.807) is 7.11 Å². The molecule has 27 heavy (non-hydrogen) atoms. The van der Waals surface area contributed by atoms with E-state index in [4.69, 9.17) is 9.72 Å². The van der Waals surface area contributed by atoms with Gasteiger partial charge in [0.05, 0.1) is 30.1 Å². The van der Waals surface area contributed by atoms with Crippen LogP contribution in [0.4, 0.5) is 0 Å². The van der Waals surface area contributed by atoms with E-state index >= 15 is 0 Å². The fourth-order valence-electron chi connectivity index (χ4n) is 5.54. The first-order chi connectivity index (χ1) is 13.0. The van der Waals surface area contributed by atoms with Gasteiger partial charge < -0.3 is 10.1 Å². The van der Waals surface area contributed by atoms with Gasteiger partial charge in [-0.05, 0) is 42.7 Å². The molecular weight excluding hydrogens is 332 g/mol. The Kier molecular flexibility index (Phi) is 3.37. The fraction of sp³-hybridized carbons (Fsp3) is 0.375. The first kappa shape index (κ1) is 16.6. The molecule has 2 unspecified atom stereocenters. The van der Waals surface area contributed by atoms with Crippen LogP contribution in [0.3, 0.4) is 0 Å². The zero-order valence-corrected chi connectivity index (χ0v) is 16.7. The topological polar surface area (TPSA) is 34.1 Å². The summed E-state index contributed by atoms with van der Waals surface area (Å²) in [6, 6.07) is 8.85. The smallest absolute Gasteiger partial charge is 0.0943 e. The summed E-state index contributed by atoms with van der Waals surface area (Å²) in [7, 11) is 1.77. The largest absolute Gasteiger partial charge is 0.501 e. The minimum atomic E-state index is -0.0560. The molecule has 5 rings (SSSR count). The average molecular weight is 358 g/mol. The molecule has 1 aliphatic heterocycles. The summed E-state index contributed by atoms with van der Waals surface area (Å²) in [6.07, 6.45) is 5.42. The van der Waals surface area contributed by atoms with Gasteiger partial charge in [-0.25, -0.2) is 0 Å². The predicted molar refractivity (Wildman–Crippen MR) is 110 cm³/mol. The third-order valence-corrected chi connectivity index (χ3v) is 6.68. The normalized spacial score (nSPS) is 26.6. The summed E-state index contributed by atoms with van der Waals surface area (Å²) >= 11 is 0. The molecule has 0 spiro atoms. The number of hydrogen-bond donors (Lipinski definition) is 1. The van der Waals surface area contributed by atoms with Gasteiger partial charge in [0.2, 0.25) is 0 Å². The van der Waals surface area contributed by atoms with E-state index in [1.807, 2.05) is 0 Å². The number of benzene rings is 1. The van der Waals surface area contributed by atoms with Gasteiger partial charge in [0.15, 0.2) is 0 Å². The number of allylic oxidation sites excluding steroid dienone is 4. The van der Waals surface area contributed by atoms with E-state index in [2.05, 4.69) is 69.4 Å². The number of ether oxygens (including phenoxy) is 1. The molecular formula is C24H26N2O. The van der Waals surface area contributed by atoms with Crippen LogP contribution in [0.15, 0.2) is 53.3 Å². The number of nitrogens with zero attached hydrogens (tertiary/aromatic N) is 1. The summed E-state index contributed by atoms with van der Waals surface area (Å²) in [5.74, 6) is 1.39. The van der Waals surface area contributed by atoms with Crippen LogP contribution in [-0.2, 0) is 10.2 Å². The van der Waals surface area contributed by atoms with Gasteiger partial charge in [-0.1, -0.05) is 38.1 Å². The first-order valence-electron chi connectivity index (χ1n) is 9.80. The van der Waals surface area contributed by atoms with Gasteiger partial charge in [0, 0.05) is 34.4 Å². The van der Waals surface area contributed by atoms with Crippen LogP contribution in [0.25, 0.3) is 16.6 Å². The average Bonchev–Trinajstić information content (AvgIpc) is 3.08. The zero-order chi connectivity index (χ0) is 18.9. The van der Waals surface area contributed by atoms with Crippen molar-refractivity contribution in [1.29, 1.82) is 0 Å². The molecule has 3 nitrogen and oxygen atoms in total. The Labute approximate surface area is 160 Å². The number of para-hydroxylation sites is 1. The molecule has 3 aliphatic rings. The highest BCUT2D eigenvalue weighted by Gasteiger charge is 2.45. The van der Waals surface area contributed by atoms with Crippen molar-refractivity contribution in [1.82, 2.24) is 10.3 Å². The number of nitrogens with one attached hydrogen (secondary N) is 1. The monoisotopic (exact) mass is 358 g/mol. The van der Waals surface area contributed by atoms with E-state index < -0.39 is 0 Å². The van der Waals surface area contributed by atoms with E-state index in [-0.39, 0.29) is 11.5 Å². The van der Waals surface area contributed by atoms with E-state index in [0.29, 0.717) is 5.92 Å². The van der Waals surface area contributed by atoms with Gasteiger partial charge in [-0.15, -0.1) is 0 Å². The van der Waals surface area contributed by atoms with E-state index in [9.17, 15) is 0 Å². The SMILES string of the molecule is C/C=C1\C(C)=C2NC3C=C(OC)CC3c3nc4ccccc4c(c32)C1(C)C. The standard InChI is InChI=1S/C24H26N2O/c1-6-17-13(2)22-20-21(24(17,3)4)15-9-7-8-10-18(15)25-23(20)16-11-14(27-5)12-19(16)26-22/h6-10,12,16,19,26H,11H2,1-5H3/b17-6+. The van der Waals surface area contributed by atoms with Gasteiger partial charge in [0.1, 0.15) is 0 Å². The molecule has 0 amide bonds. The second-order valence-electron chi connectivity index (χ2n) is 8.41. The van der Waals surface area contributed by atoms with Crippen molar-refractivity contribution in [3.63, 3.8) is 0 Å². The summed E-state index contributed by atoms with van der Waals surface area (Å²) < 4.78 is 5.60. The Balaban J connectivity index is 1.92. The van der Waals surface area contributed by atoms with Gasteiger partial charge >= 0.3 is 0 Å². The molecule has 0 saturated heterocycles. The zero-order valence-electron chi connectivity index (χ0n) is 16.7. The minimum absolute atomic E-state index is 0.0560. The highest BCUT2D eigenvalue weighted by molar-refractivity contribution is 5.94. The van der Waals surface area contributed by atoms with Crippen molar-refractivity contribution in [2.75, 3.05) is 7.11 Å². The van der Waals surface area contributed by atoms with Crippen molar-refractivity contribution >= 4 is 16.6 Å². The fourth-order valence-corrected chi connectivity index (χ4v) is 5.54. The molecule has 2 aromatic rings. The Morgan fingerprint density at radius 1 is 1.26 bits per heavy atom. The Bertz CT molecular complexity index is 1070. The van der Waals surface area contributed by atoms with Gasteiger partial charge in [-0.3, -0.25) is 4.98 Å². The lowest BCUT2D eigenvalue weighted by atomic mass is 9.65. The van der Waals surface area contributed by atoms with E-state index in [0.717, 1.165) is 17.7 Å². The maximum absolute atomic E-state index is 5.60. The number of pyridine rings is 1. The maximum atomic E-state index is 5.60. The molecule has 0 bridgehead atoms. The van der Waals surface area contributed by atoms with Crippen LogP contribution in [0.5, 0.6) is 0 Å². The summed E-state index contributed by atoms with van der Waals surface area (Å²) in [5.41, 5.74) is 8.99. The van der Waals surface area contributed by atoms with Crippen molar-refractivity contribution in [2.45, 2.75) is 51.5 Å². The van der Waals surface area contributed by atoms with Crippen molar-refractivity contribution in [2.24, 2.45) is 0 Å². The quantitative estimate of drug-likeness (QED) is 0.761. The predicted octanol–water partition coefficient (Wildman–Crippen LogP) is 5.19. The number of methoxy groups -OCH3 is 1. The molecule has 1 N–H and O–H groups in total. The first-order valence-corrected chi connectivity index (χ1v) is 9.80. The molecule has 1 aromatic heterocycles. The molecule has 138 valence electrons. The Morgan fingerprint density at radius 3 is 2.78 bits per heavy atom. The lowest BCUT2D eigenvalue weighted by molar-refractivity contribution is 0.279. The number of aromatic nitrogens is 1. The summed E-state index contributed by atoms with van der Waals surface area (Å²) in [4.78, 5) is 5.19. The summed E-state index contributed by atoms with van der Waals surface area (Å²) in [5, 5.41) is 5.10. The Hall–Kier alpha value is -2.55. The maximum Gasteiger partial charge on any atom is 0.0943 e. The lowest BCUT2D eigenvalue weighted by Gasteiger charge is -2.43. The molecule has 0 radical (unpaired) electrons. The molecule has 2 aliphatic carbocycles. The highest BCUT2D eigenvalue weighted by Crippen LogP contribution is 2.53. The lowest BCUT2D eigenvalue weighted by Crippen LogP contribution is -2.41. The van der Waals surface area contributed by atoms with Crippen molar-refractivity contribution in [3.8, 4) is 0 Å². The van der Waals surface area contributed by atoms with Gasteiger partial charge in [-0.2, -0.15) is 0 Å². The highest BCUT2D eigenvalue weighted by atomic mass is 16.5. The van der Waals surface area contributed by atoms with Crippen LogP contribution in [0, 0.1) is 0 Å². The van der Waals surface area contributed by atoms with E-state index in [1.165, 1.54) is 39.1 Å². The summed E-state index contributed by atoms with van der Waals surface area (Å²) in [6.45, 7) is 9.10. The number of fused-ring (bicyclic) bond motifs is 4. The van der Waals surface area contributed by atoms with Crippen LogP contribution in [0.1, 0.15) is 56.9 Å². The van der Waals surface area contributed by atoms with Crippen LogP contribution >= 0.6 is 0 Å². The second kappa shape index (κ2) is 5.48. The van der Waals surface area contributed by atoms with Crippen molar-refractivity contribution < 1.29 is 4.74 Å². The molecule has 0 fully saturated rings. The van der Waals surface area contributed by atoms with Crippen LogP contribution < -0.4 is 5.32 Å². The van der Waals surface area contributed by atoms with Crippen molar-refractivity contribution in [3.05, 3.63) is 70.1 Å². The van der Waals surface area contributed by atoms with Gasteiger partial charge in [0.25, 0.3) is 0 Å². The third kappa shape index (κ3) is 2.06. The minimum Gasteiger partial charge on any atom is -0.501 e. The molecule has 2 heterocycles. The molecule has 3 heteroatoms. The third-order valence-electron chi connectivity index (χ3n) is 6.68. The van der Waals surface area contributed by atoms with Crippen LogP contribution in [-0.4, -0.2) is 18.1 Å². The van der Waals surface area contributed by atoms with Crippen LogP contribution in [0.2, 0.25) is 0 Å². The number of hydrogen-bond acceptors (Lipinski definition) is 3. The molecule has 1 aromatic carbocycles. The Morgan fingerprint density at radius 2 is 2.04 bits per heavy atom.